The van der Waals surface area contributed by atoms with Crippen LogP contribution in [0.2, 0.25) is 0 Å². The highest BCUT2D eigenvalue weighted by Gasteiger charge is 2.52. The summed E-state index contributed by atoms with van der Waals surface area (Å²) in [5.74, 6) is -1.15. The minimum absolute atomic E-state index is 0.510. The fourth-order valence-electron chi connectivity index (χ4n) is 4.94. The molecule has 15 atom stereocenters. The van der Waals surface area contributed by atoms with Crippen molar-refractivity contribution in [3.8, 4) is 0 Å². The van der Waals surface area contributed by atoms with Crippen molar-refractivity contribution in [2.24, 2.45) is 0 Å². The Morgan fingerprint density at radius 3 is 1.71 bits per heavy atom. The predicted octanol–water partition coefficient (Wildman–Crippen LogP) is -6.63. The number of aliphatic hydroxyl groups is 8. The normalized spacial score (nSPS) is 45.2. The van der Waals surface area contributed by atoms with E-state index in [1.807, 2.05) is 0 Å². The van der Waals surface area contributed by atoms with Gasteiger partial charge in [0, 0.05) is 21.0 Å². The fraction of sp³-hybridized carbons (Fsp3) is 0.913. The standard InChI is InChI=1S/C23H40N2O16/c1-7(28)24-12-17(33)14(30)9(4-26)38-22(12)37-6-11-16(32)20(13(25-8(2)29)21(36-3)40-11)41-23-19(35)18(34)15(31)10(5-27)39-23/h9-23,26-27,30-35H,4-6H2,1-3H3,(H,24,28)(H,25,29)/t9-,10-,11-,12-,13-,14-,15+,16+,17-,18+,19-,20-,21+,22-,23+/m1/s1. The number of hydrogen-bond donors (Lipinski definition) is 10. The van der Waals surface area contributed by atoms with Crippen LogP contribution < -0.4 is 10.6 Å². The van der Waals surface area contributed by atoms with E-state index in [2.05, 4.69) is 10.6 Å². The second-order valence-electron chi connectivity index (χ2n) is 10.1. The van der Waals surface area contributed by atoms with Crippen molar-refractivity contribution >= 4 is 11.8 Å². The molecule has 0 bridgehead atoms. The lowest BCUT2D eigenvalue weighted by molar-refractivity contribution is -0.347. The van der Waals surface area contributed by atoms with E-state index >= 15 is 0 Å². The summed E-state index contributed by atoms with van der Waals surface area (Å²) in [7, 11) is 1.24. The summed E-state index contributed by atoms with van der Waals surface area (Å²) in [4.78, 5) is 23.6. The maximum absolute atomic E-state index is 11.9. The summed E-state index contributed by atoms with van der Waals surface area (Å²) in [6.07, 6.45) is -19.8. The Hall–Kier alpha value is -1.62. The summed E-state index contributed by atoms with van der Waals surface area (Å²) in [5.41, 5.74) is 0. The number of carbonyl (C=O) groups is 2. The van der Waals surface area contributed by atoms with Gasteiger partial charge in [0.05, 0.1) is 19.8 Å². The number of rotatable bonds is 10. The molecule has 10 N–H and O–H groups in total. The second-order valence-corrected chi connectivity index (χ2v) is 10.1. The Labute approximate surface area is 234 Å². The first-order valence-corrected chi connectivity index (χ1v) is 12.9. The summed E-state index contributed by atoms with van der Waals surface area (Å²) in [5, 5.41) is 86.5. The van der Waals surface area contributed by atoms with Crippen LogP contribution in [0.15, 0.2) is 0 Å². The lowest BCUT2D eigenvalue weighted by atomic mass is 9.95. The van der Waals surface area contributed by atoms with Crippen molar-refractivity contribution in [1.29, 1.82) is 0 Å². The van der Waals surface area contributed by atoms with Crippen LogP contribution in [0.4, 0.5) is 0 Å². The molecule has 0 saturated carbocycles. The van der Waals surface area contributed by atoms with Crippen LogP contribution in [0, 0.1) is 0 Å². The number of aliphatic hydroxyl groups excluding tert-OH is 8. The van der Waals surface area contributed by atoms with Gasteiger partial charge in [-0.3, -0.25) is 9.59 Å². The van der Waals surface area contributed by atoms with Gasteiger partial charge in [-0.25, -0.2) is 0 Å². The molecule has 3 fully saturated rings. The third kappa shape index (κ3) is 7.67. The predicted molar refractivity (Wildman–Crippen MR) is 129 cm³/mol. The Bertz CT molecular complexity index is 868. The van der Waals surface area contributed by atoms with Crippen LogP contribution in [0.5, 0.6) is 0 Å². The van der Waals surface area contributed by atoms with Gasteiger partial charge in [0.25, 0.3) is 0 Å². The van der Waals surface area contributed by atoms with E-state index in [-0.39, 0.29) is 0 Å². The Morgan fingerprint density at radius 2 is 1.17 bits per heavy atom. The van der Waals surface area contributed by atoms with E-state index in [0.717, 1.165) is 6.92 Å². The first kappa shape index (κ1) is 33.9. The molecule has 0 aromatic carbocycles. The SMILES string of the molecule is CO[C@H]1O[C@H](CO[C@@H]2O[C@H](CO)[C@@H](O)[C@H](O)[C@H]2NC(C)=O)[C@H](O)[C@H](O[C@@H]2O[C@H](CO)[C@H](O)[C@H](O)[C@H]2O)[C@H]1NC(C)=O. The van der Waals surface area contributed by atoms with Gasteiger partial charge in [-0.1, -0.05) is 0 Å². The largest absolute Gasteiger partial charge is 0.394 e. The van der Waals surface area contributed by atoms with Crippen LogP contribution in [-0.2, 0) is 38.0 Å². The molecule has 0 unspecified atom stereocenters. The van der Waals surface area contributed by atoms with Gasteiger partial charge in [0.1, 0.15) is 73.1 Å². The minimum Gasteiger partial charge on any atom is -0.394 e. The molecule has 41 heavy (non-hydrogen) atoms. The third-order valence-corrected chi connectivity index (χ3v) is 7.09. The molecule has 2 amide bonds. The monoisotopic (exact) mass is 600 g/mol. The average molecular weight is 601 g/mol. The molecule has 0 aromatic heterocycles. The third-order valence-electron chi connectivity index (χ3n) is 7.09. The van der Waals surface area contributed by atoms with Crippen molar-refractivity contribution in [3.05, 3.63) is 0 Å². The molecule has 18 nitrogen and oxygen atoms in total. The lowest BCUT2D eigenvalue weighted by Gasteiger charge is -2.48. The number of hydrogen-bond acceptors (Lipinski definition) is 16. The smallest absolute Gasteiger partial charge is 0.217 e. The summed E-state index contributed by atoms with van der Waals surface area (Å²) >= 11 is 0. The van der Waals surface area contributed by atoms with Crippen LogP contribution in [0.1, 0.15) is 13.8 Å². The first-order chi connectivity index (χ1) is 19.3. The molecule has 3 rings (SSSR count). The van der Waals surface area contributed by atoms with Crippen LogP contribution in [0.25, 0.3) is 0 Å². The molecule has 3 aliphatic rings. The number of nitrogens with one attached hydrogen (secondary N) is 2. The quantitative estimate of drug-likeness (QED) is 0.112. The average Bonchev–Trinajstić information content (AvgIpc) is 2.93. The number of methoxy groups -OCH3 is 1. The van der Waals surface area contributed by atoms with E-state index in [1.165, 1.54) is 14.0 Å². The highest BCUT2D eigenvalue weighted by Crippen LogP contribution is 2.31. The van der Waals surface area contributed by atoms with Gasteiger partial charge >= 0.3 is 0 Å². The van der Waals surface area contributed by atoms with Crippen molar-refractivity contribution in [1.82, 2.24) is 10.6 Å². The maximum Gasteiger partial charge on any atom is 0.217 e. The molecule has 18 heteroatoms. The van der Waals surface area contributed by atoms with E-state index in [0.29, 0.717) is 0 Å². The van der Waals surface area contributed by atoms with E-state index in [9.17, 15) is 50.4 Å². The summed E-state index contributed by atoms with van der Waals surface area (Å²) < 4.78 is 33.5. The van der Waals surface area contributed by atoms with E-state index in [4.69, 9.17) is 28.4 Å². The zero-order chi connectivity index (χ0) is 30.6. The molecule has 0 aliphatic carbocycles. The van der Waals surface area contributed by atoms with Gasteiger partial charge in [-0.2, -0.15) is 0 Å². The van der Waals surface area contributed by atoms with Crippen LogP contribution >= 0.6 is 0 Å². The second kappa shape index (κ2) is 14.7. The maximum atomic E-state index is 11.9. The topological polar surface area (TPSA) is 275 Å². The molecule has 3 aliphatic heterocycles. The van der Waals surface area contributed by atoms with Crippen LogP contribution in [0.3, 0.4) is 0 Å². The van der Waals surface area contributed by atoms with Crippen molar-refractivity contribution < 1.29 is 78.9 Å². The number of ether oxygens (including phenoxy) is 6. The van der Waals surface area contributed by atoms with E-state index in [1.54, 1.807) is 0 Å². The lowest BCUT2D eigenvalue weighted by Crippen LogP contribution is -2.68. The van der Waals surface area contributed by atoms with Crippen molar-refractivity contribution in [2.45, 2.75) is 106 Å². The number of amides is 2. The van der Waals surface area contributed by atoms with Gasteiger partial charge in [-0.15, -0.1) is 0 Å². The molecule has 0 spiro atoms. The zero-order valence-electron chi connectivity index (χ0n) is 22.6. The molecule has 0 radical (unpaired) electrons. The first-order valence-electron chi connectivity index (χ1n) is 12.9. The van der Waals surface area contributed by atoms with Gasteiger partial charge in [-0.05, 0) is 0 Å². The molecule has 3 saturated heterocycles. The number of carbonyl (C=O) groups excluding carboxylic acids is 2. The van der Waals surface area contributed by atoms with Gasteiger partial charge < -0.3 is 79.9 Å². The Morgan fingerprint density at radius 1 is 0.659 bits per heavy atom. The molecule has 3 heterocycles. The fourth-order valence-corrected chi connectivity index (χ4v) is 4.94. The summed E-state index contributed by atoms with van der Waals surface area (Å²) in [6, 6.07) is -2.48. The molecule has 238 valence electrons. The van der Waals surface area contributed by atoms with Gasteiger partial charge in [0.15, 0.2) is 18.9 Å². The highest BCUT2D eigenvalue weighted by atomic mass is 16.7. The molecule has 0 aromatic rings. The molecular formula is C23H40N2O16. The summed E-state index contributed by atoms with van der Waals surface area (Å²) in [6.45, 7) is 0.407. The van der Waals surface area contributed by atoms with Gasteiger partial charge in [0.2, 0.25) is 11.8 Å². The van der Waals surface area contributed by atoms with Crippen molar-refractivity contribution in [3.63, 3.8) is 0 Å². The molecular weight excluding hydrogens is 560 g/mol. The van der Waals surface area contributed by atoms with E-state index < -0.39 is 124 Å². The van der Waals surface area contributed by atoms with Crippen LogP contribution in [-0.4, -0.2) is 172 Å². The van der Waals surface area contributed by atoms with Crippen molar-refractivity contribution in [2.75, 3.05) is 26.9 Å². The highest BCUT2D eigenvalue weighted by molar-refractivity contribution is 5.73. The minimum atomic E-state index is -1.83. The Kier molecular flexibility index (Phi) is 12.2. The Balaban J connectivity index is 1.82. The zero-order valence-corrected chi connectivity index (χ0v) is 22.6.